The lowest BCUT2D eigenvalue weighted by Gasteiger charge is -2.16. The third kappa shape index (κ3) is 3.69. The molecule has 0 aliphatic carbocycles. The number of aromatic amines is 1. The topological polar surface area (TPSA) is 110 Å². The molecule has 2 fully saturated rings. The molecular formula is C25H23N3O5. The fourth-order valence-electron chi connectivity index (χ4n) is 4.74. The Kier molecular flexibility index (Phi) is 5.12. The van der Waals surface area contributed by atoms with Crippen molar-refractivity contribution in [2.24, 2.45) is 0 Å². The van der Waals surface area contributed by atoms with Gasteiger partial charge in [0.15, 0.2) is 12.0 Å². The van der Waals surface area contributed by atoms with E-state index in [4.69, 9.17) is 23.9 Å². The molecule has 3 aliphatic rings. The monoisotopic (exact) mass is 445 g/mol. The van der Waals surface area contributed by atoms with E-state index in [9.17, 15) is 10.4 Å². The Morgan fingerprint density at radius 2 is 1.91 bits per heavy atom. The van der Waals surface area contributed by atoms with Crippen molar-refractivity contribution in [3.05, 3.63) is 53.6 Å². The van der Waals surface area contributed by atoms with Crippen molar-refractivity contribution in [2.45, 2.75) is 30.8 Å². The van der Waals surface area contributed by atoms with E-state index in [2.05, 4.69) is 29.3 Å². The van der Waals surface area contributed by atoms with Crippen LogP contribution in [0, 0.1) is 11.3 Å². The number of hydrogen-bond donors (Lipinski definition) is 2. The van der Waals surface area contributed by atoms with E-state index in [1.807, 2.05) is 18.2 Å². The first-order chi connectivity index (χ1) is 16.2. The van der Waals surface area contributed by atoms with Crippen molar-refractivity contribution in [3.8, 4) is 23.2 Å². The summed E-state index contributed by atoms with van der Waals surface area (Å²) in [6.45, 7) is 1.98. The molecule has 4 atom stereocenters. The number of pyridine rings is 1. The molecule has 5 heterocycles. The molecule has 3 aliphatic heterocycles. The number of aliphatic hydroxyl groups is 1. The van der Waals surface area contributed by atoms with Gasteiger partial charge in [0.2, 0.25) is 0 Å². The van der Waals surface area contributed by atoms with Crippen molar-refractivity contribution in [1.82, 2.24) is 9.97 Å². The lowest BCUT2D eigenvalue weighted by molar-refractivity contribution is 0.00794. The summed E-state index contributed by atoms with van der Waals surface area (Å²) in [4.78, 5) is 7.95. The molecule has 0 saturated carbocycles. The second-order valence-electron chi connectivity index (χ2n) is 8.51. The second-order valence-corrected chi connectivity index (χ2v) is 8.51. The van der Waals surface area contributed by atoms with Crippen LogP contribution in [-0.2, 0) is 14.2 Å². The largest absolute Gasteiger partial charge is 0.470 e. The van der Waals surface area contributed by atoms with Crippen LogP contribution in [0.1, 0.15) is 17.5 Å². The lowest BCUT2D eigenvalue weighted by atomic mass is 9.98. The zero-order chi connectivity index (χ0) is 22.4. The number of nitriles is 1. The van der Waals surface area contributed by atoms with E-state index in [1.54, 1.807) is 6.07 Å². The van der Waals surface area contributed by atoms with Gasteiger partial charge >= 0.3 is 0 Å². The fraction of sp³-hybridized carbons (Fsp3) is 0.360. The molecule has 0 amide bonds. The van der Waals surface area contributed by atoms with Gasteiger partial charge in [0.05, 0.1) is 48.7 Å². The van der Waals surface area contributed by atoms with Crippen LogP contribution >= 0.6 is 0 Å². The maximum Gasteiger partial charge on any atom is 0.193 e. The third-order valence-corrected chi connectivity index (χ3v) is 6.45. The number of H-pyrrole nitrogens is 1. The number of aromatic nitrogens is 2. The molecule has 2 saturated heterocycles. The smallest absolute Gasteiger partial charge is 0.193 e. The molecule has 6 rings (SSSR count). The van der Waals surface area contributed by atoms with Crippen LogP contribution in [0.3, 0.4) is 0 Å². The summed E-state index contributed by atoms with van der Waals surface area (Å²) >= 11 is 0. The second kappa shape index (κ2) is 8.28. The Balaban J connectivity index is 1.28. The minimum Gasteiger partial charge on any atom is -0.470 e. The number of fused-ring (bicyclic) bond motifs is 2. The Bertz CT molecular complexity index is 1260. The standard InChI is InChI=1S/C25H23N3O5/c26-11-17-9-18-19(10-22(27-18)33-21-13-32-24-20(29)12-31-25(21)24)28-23(17)16-3-1-14(2-4-16)15-5-7-30-8-6-15/h1-5,9-10,20-21,24-25,27,29H,6-8,12-13H2/t20-,21-,24-,25-/m1/s1. The highest BCUT2D eigenvalue weighted by atomic mass is 16.6. The van der Waals surface area contributed by atoms with Crippen LogP contribution in [0.5, 0.6) is 5.88 Å². The Hall–Kier alpha value is -3.22. The quantitative estimate of drug-likeness (QED) is 0.635. The van der Waals surface area contributed by atoms with Gasteiger partial charge in [-0.25, -0.2) is 4.98 Å². The average Bonchev–Trinajstić information content (AvgIpc) is 3.55. The van der Waals surface area contributed by atoms with E-state index >= 15 is 0 Å². The number of nitrogens with one attached hydrogen (secondary N) is 1. The van der Waals surface area contributed by atoms with Gasteiger partial charge in [-0.3, -0.25) is 0 Å². The number of rotatable bonds is 4. The van der Waals surface area contributed by atoms with Gasteiger partial charge in [0, 0.05) is 11.6 Å². The first kappa shape index (κ1) is 20.4. The molecule has 8 nitrogen and oxygen atoms in total. The van der Waals surface area contributed by atoms with Crippen molar-refractivity contribution < 1.29 is 24.1 Å². The van der Waals surface area contributed by atoms with Crippen LogP contribution in [0.4, 0.5) is 0 Å². The summed E-state index contributed by atoms with van der Waals surface area (Å²) in [5.74, 6) is 0.527. The zero-order valence-corrected chi connectivity index (χ0v) is 17.9. The molecule has 3 aromatic rings. The molecular weight excluding hydrogens is 422 g/mol. The maximum absolute atomic E-state index is 9.92. The first-order valence-electron chi connectivity index (χ1n) is 11.1. The van der Waals surface area contributed by atoms with Crippen molar-refractivity contribution in [2.75, 3.05) is 26.4 Å². The summed E-state index contributed by atoms with van der Waals surface area (Å²) in [6, 6.07) is 14.0. The van der Waals surface area contributed by atoms with Crippen LogP contribution in [0.25, 0.3) is 27.9 Å². The third-order valence-electron chi connectivity index (χ3n) is 6.45. The van der Waals surface area contributed by atoms with Gasteiger partial charge in [0.25, 0.3) is 0 Å². The first-order valence-corrected chi connectivity index (χ1v) is 11.1. The van der Waals surface area contributed by atoms with Gasteiger partial charge < -0.3 is 29.0 Å². The summed E-state index contributed by atoms with van der Waals surface area (Å²) in [5, 5.41) is 19.7. The van der Waals surface area contributed by atoms with E-state index < -0.39 is 6.10 Å². The normalized spacial score (nSPS) is 26.7. The molecule has 0 unspecified atom stereocenters. The molecule has 0 spiro atoms. The van der Waals surface area contributed by atoms with Crippen molar-refractivity contribution in [1.29, 1.82) is 5.26 Å². The molecule has 2 aromatic heterocycles. The minimum atomic E-state index is -0.622. The van der Waals surface area contributed by atoms with Crippen LogP contribution < -0.4 is 4.74 Å². The van der Waals surface area contributed by atoms with E-state index in [0.29, 0.717) is 35.9 Å². The molecule has 33 heavy (non-hydrogen) atoms. The van der Waals surface area contributed by atoms with E-state index in [-0.39, 0.29) is 24.9 Å². The zero-order valence-electron chi connectivity index (χ0n) is 17.9. The van der Waals surface area contributed by atoms with Gasteiger partial charge in [-0.2, -0.15) is 5.26 Å². The Morgan fingerprint density at radius 3 is 2.70 bits per heavy atom. The molecule has 168 valence electrons. The van der Waals surface area contributed by atoms with E-state index in [1.165, 1.54) is 5.57 Å². The lowest BCUT2D eigenvalue weighted by Crippen LogP contribution is -2.34. The SMILES string of the molecule is N#Cc1cc2[nH]c(O[C@@H]3CO[C@H]4[C@@H]3OC[C@H]4O)cc2nc1-c1ccc(C2=CCOCC2)cc1. The van der Waals surface area contributed by atoms with Crippen molar-refractivity contribution in [3.63, 3.8) is 0 Å². The summed E-state index contributed by atoms with van der Waals surface area (Å²) in [6.07, 6.45) is 1.42. The van der Waals surface area contributed by atoms with Crippen molar-refractivity contribution >= 4 is 16.6 Å². The van der Waals surface area contributed by atoms with Crippen LogP contribution in [0.2, 0.25) is 0 Å². The number of ether oxygens (including phenoxy) is 4. The highest BCUT2D eigenvalue weighted by Crippen LogP contribution is 2.32. The predicted octanol–water partition coefficient (Wildman–Crippen LogP) is 2.81. The maximum atomic E-state index is 9.92. The number of nitrogens with zero attached hydrogens (tertiary/aromatic N) is 2. The van der Waals surface area contributed by atoms with Gasteiger partial charge in [-0.05, 0) is 23.6 Å². The molecule has 0 radical (unpaired) electrons. The predicted molar refractivity (Wildman–Crippen MR) is 120 cm³/mol. The Labute approximate surface area is 190 Å². The summed E-state index contributed by atoms with van der Waals surface area (Å²) in [7, 11) is 0. The average molecular weight is 445 g/mol. The van der Waals surface area contributed by atoms with E-state index in [0.717, 1.165) is 29.7 Å². The minimum absolute atomic E-state index is 0.252. The van der Waals surface area contributed by atoms with Gasteiger partial charge in [-0.1, -0.05) is 30.3 Å². The molecule has 8 heteroatoms. The highest BCUT2D eigenvalue weighted by molar-refractivity contribution is 5.84. The van der Waals surface area contributed by atoms with Gasteiger partial charge in [-0.15, -0.1) is 0 Å². The van der Waals surface area contributed by atoms with Crippen LogP contribution in [0.15, 0.2) is 42.5 Å². The number of benzene rings is 1. The Morgan fingerprint density at radius 1 is 1.09 bits per heavy atom. The highest BCUT2D eigenvalue weighted by Gasteiger charge is 2.48. The fourth-order valence-corrected chi connectivity index (χ4v) is 4.74. The number of hydrogen-bond acceptors (Lipinski definition) is 7. The summed E-state index contributed by atoms with van der Waals surface area (Å²) < 4.78 is 22.7. The molecule has 1 aromatic carbocycles. The van der Waals surface area contributed by atoms with Crippen LogP contribution in [-0.4, -0.2) is 65.9 Å². The van der Waals surface area contributed by atoms with Gasteiger partial charge in [0.1, 0.15) is 24.4 Å². The molecule has 0 bridgehead atoms. The number of aliphatic hydroxyl groups excluding tert-OH is 1. The molecule has 2 N–H and O–H groups in total. The summed E-state index contributed by atoms with van der Waals surface area (Å²) in [5.41, 5.74) is 5.87.